The van der Waals surface area contributed by atoms with E-state index in [0.717, 1.165) is 19.3 Å². The van der Waals surface area contributed by atoms with Crippen LogP contribution in [-0.4, -0.2) is 103 Å². The number of hydrogen-bond donors (Lipinski definition) is 1. The molecule has 4 fully saturated rings. The molecule has 11 heteroatoms. The maximum Gasteiger partial charge on any atom is 0.410 e. The summed E-state index contributed by atoms with van der Waals surface area (Å²) in [5.41, 5.74) is -1.24. The number of rotatable bonds is 8. The molecule has 37 heavy (non-hydrogen) atoms. The Morgan fingerprint density at radius 2 is 1.78 bits per heavy atom. The zero-order valence-electron chi connectivity index (χ0n) is 21.6. The molecule has 1 amide bonds. The lowest BCUT2D eigenvalue weighted by atomic mass is 10.0. The molecule has 0 bridgehead atoms. The molecule has 2 saturated heterocycles. The number of carbonyl (C=O) groups is 1. The van der Waals surface area contributed by atoms with Crippen LogP contribution in [0.15, 0.2) is 29.2 Å². The molecule has 0 radical (unpaired) electrons. The molecule has 4 aliphatic rings. The average molecular weight is 556 g/mol. The summed E-state index contributed by atoms with van der Waals surface area (Å²) < 4.78 is 41.7. The van der Waals surface area contributed by atoms with Crippen LogP contribution >= 0.6 is 11.6 Å². The van der Waals surface area contributed by atoms with Gasteiger partial charge in [0, 0.05) is 42.8 Å². The topological polar surface area (TPSA) is 99.6 Å². The van der Waals surface area contributed by atoms with Crippen LogP contribution in [0.1, 0.15) is 46.0 Å². The van der Waals surface area contributed by atoms with Gasteiger partial charge in [0.05, 0.1) is 30.8 Å². The number of hydrogen-bond acceptors (Lipinski definition) is 7. The molecule has 0 aromatic heterocycles. The lowest BCUT2D eigenvalue weighted by Crippen LogP contribution is -2.62. The molecule has 0 unspecified atom stereocenters. The molecular weight excluding hydrogens is 518 g/mol. The molecule has 2 saturated carbocycles. The second kappa shape index (κ2) is 10.3. The summed E-state index contributed by atoms with van der Waals surface area (Å²) in [6.07, 6.45) is 3.76. The first-order chi connectivity index (χ1) is 17.6. The monoisotopic (exact) mass is 555 g/mol. The summed E-state index contributed by atoms with van der Waals surface area (Å²) in [5, 5.41) is 10.1. The second-order valence-corrected chi connectivity index (χ2v) is 13.8. The largest absolute Gasteiger partial charge is 0.441 e. The number of piperazine rings is 1. The zero-order valence-corrected chi connectivity index (χ0v) is 23.2. The number of halogens is 1. The maximum atomic E-state index is 14.0. The van der Waals surface area contributed by atoms with Crippen LogP contribution in [0.5, 0.6) is 0 Å². The van der Waals surface area contributed by atoms with E-state index < -0.39 is 27.8 Å². The minimum Gasteiger partial charge on any atom is -0.441 e. The minimum atomic E-state index is -3.87. The summed E-state index contributed by atoms with van der Waals surface area (Å²) in [6.45, 7) is 6.82. The third-order valence-corrected chi connectivity index (χ3v) is 10.6. The highest BCUT2D eigenvalue weighted by molar-refractivity contribution is 7.89. The first-order valence-corrected chi connectivity index (χ1v) is 15.1. The van der Waals surface area contributed by atoms with Crippen LogP contribution < -0.4 is 0 Å². The van der Waals surface area contributed by atoms with E-state index >= 15 is 0 Å². The van der Waals surface area contributed by atoms with Gasteiger partial charge in [-0.3, -0.25) is 4.90 Å². The van der Waals surface area contributed by atoms with Crippen molar-refractivity contribution in [3.05, 3.63) is 29.3 Å². The smallest absolute Gasteiger partial charge is 0.410 e. The third-order valence-electron chi connectivity index (χ3n) is 8.37. The van der Waals surface area contributed by atoms with Crippen molar-refractivity contribution in [3.63, 3.8) is 0 Å². The van der Waals surface area contributed by atoms with E-state index in [1.165, 1.54) is 12.1 Å². The van der Waals surface area contributed by atoms with Gasteiger partial charge in [0.2, 0.25) is 10.0 Å². The van der Waals surface area contributed by atoms with Gasteiger partial charge in [-0.2, -0.15) is 4.31 Å². The van der Waals surface area contributed by atoms with E-state index in [4.69, 9.17) is 21.1 Å². The normalized spacial score (nSPS) is 27.2. The van der Waals surface area contributed by atoms with Gasteiger partial charge >= 0.3 is 6.09 Å². The van der Waals surface area contributed by atoms with Crippen LogP contribution in [0, 0.1) is 5.92 Å². The standard InChI is InChI=1S/C26H38ClN3O6S/c1-25(2,18-31)29-13-11-28(12-14-29)24(32)36-26(9-10-26)23-17-35-16-21(15-19-3-4-19)30(23)37(33,34)22-7-5-20(27)6-8-22/h5-8,19,21,23,31H,3-4,9-18H2,1-2H3/t21-,23-/m1/s1. The van der Waals surface area contributed by atoms with Crippen molar-refractivity contribution in [1.82, 2.24) is 14.1 Å². The molecular formula is C26H38ClN3O6S. The number of nitrogens with zero attached hydrogens (tertiary/aromatic N) is 3. The molecule has 1 N–H and O–H groups in total. The lowest BCUT2D eigenvalue weighted by molar-refractivity contribution is -0.0762. The fraction of sp³-hybridized carbons (Fsp3) is 0.731. The van der Waals surface area contributed by atoms with Crippen LogP contribution in [0.3, 0.4) is 0 Å². The van der Waals surface area contributed by atoms with Gasteiger partial charge in [-0.25, -0.2) is 13.2 Å². The molecule has 0 spiro atoms. The van der Waals surface area contributed by atoms with Crippen molar-refractivity contribution in [2.45, 2.75) is 74.1 Å². The average Bonchev–Trinajstić information content (AvgIpc) is 3.82. The summed E-state index contributed by atoms with van der Waals surface area (Å²) >= 11 is 6.03. The van der Waals surface area contributed by atoms with Crippen molar-refractivity contribution >= 4 is 27.7 Å². The molecule has 1 aromatic rings. The van der Waals surface area contributed by atoms with E-state index in [-0.39, 0.29) is 29.7 Å². The number of benzene rings is 1. The number of aliphatic hydroxyl groups excluding tert-OH is 1. The predicted octanol–water partition coefficient (Wildman–Crippen LogP) is 2.96. The van der Waals surface area contributed by atoms with Gasteiger partial charge in [-0.15, -0.1) is 0 Å². The first kappa shape index (κ1) is 27.1. The van der Waals surface area contributed by atoms with Crippen molar-refractivity contribution in [2.75, 3.05) is 46.0 Å². The van der Waals surface area contributed by atoms with E-state index in [1.54, 1.807) is 21.3 Å². The van der Waals surface area contributed by atoms with Gasteiger partial charge in [-0.05, 0) is 63.3 Å². The highest BCUT2D eigenvalue weighted by atomic mass is 35.5. The summed E-state index contributed by atoms with van der Waals surface area (Å²) in [7, 11) is -3.87. The summed E-state index contributed by atoms with van der Waals surface area (Å²) in [4.78, 5) is 17.3. The second-order valence-electron chi connectivity index (χ2n) is 11.6. The number of sulfonamides is 1. The molecule has 9 nitrogen and oxygen atoms in total. The van der Waals surface area contributed by atoms with Crippen molar-refractivity contribution < 1.29 is 27.8 Å². The van der Waals surface area contributed by atoms with Crippen LogP contribution in [0.4, 0.5) is 4.79 Å². The Morgan fingerprint density at radius 1 is 1.14 bits per heavy atom. The van der Waals surface area contributed by atoms with Gasteiger partial charge in [0.1, 0.15) is 5.60 Å². The summed E-state index contributed by atoms with van der Waals surface area (Å²) in [5.74, 6) is 0.507. The minimum absolute atomic E-state index is 0.0438. The van der Waals surface area contributed by atoms with Crippen LogP contribution in [-0.2, 0) is 19.5 Å². The fourth-order valence-electron chi connectivity index (χ4n) is 5.56. The predicted molar refractivity (Wildman–Crippen MR) is 139 cm³/mol. The van der Waals surface area contributed by atoms with Crippen molar-refractivity contribution in [1.29, 1.82) is 0 Å². The Labute approximate surface area is 224 Å². The maximum absolute atomic E-state index is 14.0. The Morgan fingerprint density at radius 3 is 2.35 bits per heavy atom. The van der Waals surface area contributed by atoms with E-state index in [0.29, 0.717) is 56.6 Å². The number of amides is 1. The SMILES string of the molecule is CC(C)(CO)N1CCN(C(=O)OC2([C@H]3COC[C@@H](CC4CC4)N3S(=O)(=O)c3ccc(Cl)cc3)CC2)CC1. The molecule has 2 atom stereocenters. The summed E-state index contributed by atoms with van der Waals surface area (Å²) in [6, 6.07) is 5.38. The highest BCUT2D eigenvalue weighted by Gasteiger charge is 2.60. The molecule has 206 valence electrons. The van der Waals surface area contributed by atoms with E-state index in [1.807, 2.05) is 13.8 Å². The first-order valence-electron chi connectivity index (χ1n) is 13.3. The van der Waals surface area contributed by atoms with Gasteiger partial charge in [0.25, 0.3) is 0 Å². The molecule has 2 heterocycles. The van der Waals surface area contributed by atoms with Crippen molar-refractivity contribution in [3.8, 4) is 0 Å². The Hall–Kier alpha value is -1.43. The lowest BCUT2D eigenvalue weighted by Gasteiger charge is -2.45. The van der Waals surface area contributed by atoms with E-state index in [9.17, 15) is 18.3 Å². The molecule has 2 aliphatic carbocycles. The number of ether oxygens (including phenoxy) is 2. The Kier molecular flexibility index (Phi) is 7.54. The molecule has 1 aromatic carbocycles. The highest BCUT2D eigenvalue weighted by Crippen LogP contribution is 2.49. The van der Waals surface area contributed by atoms with Crippen LogP contribution in [0.2, 0.25) is 5.02 Å². The number of morpholine rings is 1. The molecule has 2 aliphatic heterocycles. The number of carbonyl (C=O) groups excluding carboxylic acids is 1. The zero-order chi connectivity index (χ0) is 26.4. The number of aliphatic hydroxyl groups is 1. The van der Waals surface area contributed by atoms with Crippen molar-refractivity contribution in [2.24, 2.45) is 5.92 Å². The molecule has 5 rings (SSSR count). The Bertz CT molecular complexity index is 1080. The van der Waals surface area contributed by atoms with Crippen LogP contribution in [0.25, 0.3) is 0 Å². The Balaban J connectivity index is 1.34. The van der Waals surface area contributed by atoms with Gasteiger partial charge < -0.3 is 19.5 Å². The van der Waals surface area contributed by atoms with Gasteiger partial charge in [-0.1, -0.05) is 24.4 Å². The quantitative estimate of drug-likeness (QED) is 0.526. The van der Waals surface area contributed by atoms with Gasteiger partial charge in [0.15, 0.2) is 0 Å². The fourth-order valence-corrected chi connectivity index (χ4v) is 7.54. The third kappa shape index (κ3) is 5.65. The van der Waals surface area contributed by atoms with E-state index in [2.05, 4.69) is 4.90 Å².